The second kappa shape index (κ2) is 5.87. The Morgan fingerprint density at radius 3 is 1.67 bits per heavy atom. The minimum absolute atomic E-state index is 1.11. The van der Waals surface area contributed by atoms with Crippen LogP contribution in [0, 0.1) is 0 Å². The van der Waals surface area contributed by atoms with Gasteiger partial charge >= 0.3 is 0 Å². The van der Waals surface area contributed by atoms with Crippen LogP contribution in [0.25, 0.3) is 12.2 Å². The highest BCUT2D eigenvalue weighted by Gasteiger charge is 1.93. The summed E-state index contributed by atoms with van der Waals surface area (Å²) in [5.41, 5.74) is 3.63. The van der Waals surface area contributed by atoms with Gasteiger partial charge in [-0.1, -0.05) is 52.3 Å². The molecule has 2 aromatic rings. The Labute approximate surface area is 117 Å². The van der Waals surface area contributed by atoms with Crippen molar-refractivity contribution in [3.05, 3.63) is 64.1 Å². The van der Waals surface area contributed by atoms with E-state index in [4.69, 9.17) is 0 Å². The molecule has 2 heteroatoms. The molecule has 0 aromatic heterocycles. The molecule has 0 atom stereocenters. The predicted octanol–water partition coefficient (Wildman–Crippen LogP) is 4.69. The predicted molar refractivity (Wildman–Crippen MR) is 83.8 cm³/mol. The molecule has 0 spiro atoms. The third-order valence-corrected chi connectivity index (χ3v) is 3.28. The van der Waals surface area contributed by atoms with Crippen LogP contribution in [0.15, 0.2) is 53.0 Å². The number of halogens is 1. The zero-order valence-electron chi connectivity index (χ0n) is 10.6. The van der Waals surface area contributed by atoms with Gasteiger partial charge in [-0.2, -0.15) is 0 Å². The number of nitrogens with zero attached hydrogens (tertiary/aromatic N) is 1. The molecule has 0 aliphatic rings. The van der Waals surface area contributed by atoms with Crippen molar-refractivity contribution in [2.45, 2.75) is 0 Å². The summed E-state index contributed by atoms with van der Waals surface area (Å²) in [7, 11) is 4.10. The SMILES string of the molecule is CN(C)c1ccc(/C=C\c2ccc(Br)cc2)cc1. The van der Waals surface area contributed by atoms with E-state index in [1.807, 2.05) is 14.1 Å². The van der Waals surface area contributed by atoms with E-state index < -0.39 is 0 Å². The van der Waals surface area contributed by atoms with Crippen LogP contribution < -0.4 is 4.90 Å². The maximum absolute atomic E-state index is 3.43. The summed E-state index contributed by atoms with van der Waals surface area (Å²) in [5, 5.41) is 0. The van der Waals surface area contributed by atoms with E-state index in [1.54, 1.807) is 0 Å². The van der Waals surface area contributed by atoms with Crippen LogP contribution in [0.1, 0.15) is 11.1 Å². The molecule has 18 heavy (non-hydrogen) atoms. The Bertz CT molecular complexity index is 524. The standard InChI is InChI=1S/C16H16BrN/c1-18(2)16-11-7-14(8-12-16)4-3-13-5-9-15(17)10-6-13/h3-12H,1-2H3/b4-3-. The molecule has 0 fully saturated rings. The highest BCUT2D eigenvalue weighted by atomic mass is 79.9. The highest BCUT2D eigenvalue weighted by molar-refractivity contribution is 9.10. The zero-order chi connectivity index (χ0) is 13.0. The first-order chi connectivity index (χ1) is 8.65. The maximum atomic E-state index is 3.43. The molecule has 0 saturated heterocycles. The largest absolute Gasteiger partial charge is 0.378 e. The van der Waals surface area contributed by atoms with Crippen molar-refractivity contribution in [2.75, 3.05) is 19.0 Å². The third-order valence-electron chi connectivity index (χ3n) is 2.75. The molecule has 0 bridgehead atoms. The van der Waals surface area contributed by atoms with Crippen LogP contribution in [0.5, 0.6) is 0 Å². The summed E-state index contributed by atoms with van der Waals surface area (Å²) in [6.07, 6.45) is 4.25. The van der Waals surface area contributed by atoms with Gasteiger partial charge in [-0.3, -0.25) is 0 Å². The molecular formula is C16H16BrN. The topological polar surface area (TPSA) is 3.24 Å². The summed E-state index contributed by atoms with van der Waals surface area (Å²) < 4.78 is 1.11. The smallest absolute Gasteiger partial charge is 0.0361 e. The number of benzene rings is 2. The molecular weight excluding hydrogens is 286 g/mol. The van der Waals surface area contributed by atoms with Gasteiger partial charge in [0.25, 0.3) is 0 Å². The van der Waals surface area contributed by atoms with Gasteiger partial charge in [0, 0.05) is 24.3 Å². The Kier molecular flexibility index (Phi) is 4.21. The lowest BCUT2D eigenvalue weighted by atomic mass is 10.1. The van der Waals surface area contributed by atoms with Gasteiger partial charge in [-0.05, 0) is 35.4 Å². The van der Waals surface area contributed by atoms with Gasteiger partial charge in [0.05, 0.1) is 0 Å². The Morgan fingerprint density at radius 2 is 1.22 bits per heavy atom. The van der Waals surface area contributed by atoms with E-state index in [0.29, 0.717) is 0 Å². The normalized spacial score (nSPS) is 10.8. The summed E-state index contributed by atoms with van der Waals surface area (Å²) in [4.78, 5) is 2.10. The second-order valence-electron chi connectivity index (χ2n) is 4.37. The van der Waals surface area contributed by atoms with Gasteiger partial charge in [-0.15, -0.1) is 0 Å². The van der Waals surface area contributed by atoms with E-state index in [9.17, 15) is 0 Å². The van der Waals surface area contributed by atoms with Crippen LogP contribution in [0.3, 0.4) is 0 Å². The summed E-state index contributed by atoms with van der Waals surface area (Å²) in [6.45, 7) is 0. The minimum atomic E-state index is 1.11. The molecule has 2 aromatic carbocycles. The van der Waals surface area contributed by atoms with E-state index in [0.717, 1.165) is 4.47 Å². The van der Waals surface area contributed by atoms with Gasteiger partial charge < -0.3 is 4.90 Å². The van der Waals surface area contributed by atoms with E-state index in [-0.39, 0.29) is 0 Å². The van der Waals surface area contributed by atoms with E-state index in [1.165, 1.54) is 16.8 Å². The van der Waals surface area contributed by atoms with Crippen molar-refractivity contribution in [1.82, 2.24) is 0 Å². The first-order valence-electron chi connectivity index (χ1n) is 5.86. The number of rotatable bonds is 3. The summed E-state index contributed by atoms with van der Waals surface area (Å²) in [5.74, 6) is 0. The summed E-state index contributed by atoms with van der Waals surface area (Å²) in [6, 6.07) is 16.8. The fraction of sp³-hybridized carbons (Fsp3) is 0.125. The van der Waals surface area contributed by atoms with Crippen molar-refractivity contribution in [3.63, 3.8) is 0 Å². The first-order valence-corrected chi connectivity index (χ1v) is 6.65. The number of hydrogen-bond donors (Lipinski definition) is 0. The maximum Gasteiger partial charge on any atom is 0.0361 e. The lowest BCUT2D eigenvalue weighted by Gasteiger charge is -2.11. The highest BCUT2D eigenvalue weighted by Crippen LogP contribution is 2.16. The van der Waals surface area contributed by atoms with Crippen molar-refractivity contribution in [1.29, 1.82) is 0 Å². The second-order valence-corrected chi connectivity index (χ2v) is 5.29. The monoisotopic (exact) mass is 301 g/mol. The Morgan fingerprint density at radius 1 is 0.778 bits per heavy atom. The molecule has 0 aliphatic carbocycles. The van der Waals surface area contributed by atoms with Gasteiger partial charge in [-0.25, -0.2) is 0 Å². The quantitative estimate of drug-likeness (QED) is 0.744. The molecule has 0 saturated carbocycles. The first kappa shape index (κ1) is 12.9. The molecule has 1 nitrogen and oxygen atoms in total. The van der Waals surface area contributed by atoms with Gasteiger partial charge in [0.15, 0.2) is 0 Å². The minimum Gasteiger partial charge on any atom is -0.378 e. The van der Waals surface area contributed by atoms with Crippen molar-refractivity contribution in [2.24, 2.45) is 0 Å². The van der Waals surface area contributed by atoms with Gasteiger partial charge in [0.2, 0.25) is 0 Å². The molecule has 0 unspecified atom stereocenters. The summed E-state index contributed by atoms with van der Waals surface area (Å²) >= 11 is 3.43. The van der Waals surface area contributed by atoms with Crippen LogP contribution in [0.2, 0.25) is 0 Å². The number of anilines is 1. The van der Waals surface area contributed by atoms with Crippen molar-refractivity contribution in [3.8, 4) is 0 Å². The lowest BCUT2D eigenvalue weighted by Crippen LogP contribution is -2.07. The van der Waals surface area contributed by atoms with Crippen LogP contribution >= 0.6 is 15.9 Å². The van der Waals surface area contributed by atoms with Crippen molar-refractivity contribution >= 4 is 33.8 Å². The number of hydrogen-bond acceptors (Lipinski definition) is 1. The molecule has 92 valence electrons. The van der Waals surface area contributed by atoms with Gasteiger partial charge in [0.1, 0.15) is 0 Å². The molecule has 0 heterocycles. The molecule has 0 aliphatic heterocycles. The fourth-order valence-corrected chi connectivity index (χ4v) is 1.91. The average Bonchev–Trinajstić information content (AvgIpc) is 2.38. The van der Waals surface area contributed by atoms with E-state index >= 15 is 0 Å². The Balaban J connectivity index is 2.11. The van der Waals surface area contributed by atoms with Crippen LogP contribution in [-0.2, 0) is 0 Å². The third kappa shape index (κ3) is 3.47. The molecule has 0 N–H and O–H groups in total. The molecule has 0 amide bonds. The fourth-order valence-electron chi connectivity index (χ4n) is 1.65. The molecule has 2 rings (SSSR count). The van der Waals surface area contributed by atoms with Crippen LogP contribution in [-0.4, -0.2) is 14.1 Å². The van der Waals surface area contributed by atoms with E-state index in [2.05, 4.69) is 81.5 Å². The van der Waals surface area contributed by atoms with Crippen LogP contribution in [0.4, 0.5) is 5.69 Å². The zero-order valence-corrected chi connectivity index (χ0v) is 12.2. The lowest BCUT2D eigenvalue weighted by molar-refractivity contribution is 1.13. The average molecular weight is 302 g/mol. The molecule has 0 radical (unpaired) electrons. The Hall–Kier alpha value is -1.54. The van der Waals surface area contributed by atoms with Crippen molar-refractivity contribution < 1.29 is 0 Å².